The predicted octanol–water partition coefficient (Wildman–Crippen LogP) is 5.45. The monoisotopic (exact) mass is 332 g/mol. The van der Waals surface area contributed by atoms with Gasteiger partial charge in [0, 0.05) is 6.42 Å². The zero-order valence-electron chi connectivity index (χ0n) is 15.1. The summed E-state index contributed by atoms with van der Waals surface area (Å²) in [6.07, 6.45) is 23.8. The lowest BCUT2D eigenvalue weighted by molar-refractivity contribution is -0.137. The van der Waals surface area contributed by atoms with Crippen LogP contribution in [0.5, 0.6) is 0 Å². The Morgan fingerprint density at radius 3 is 2.50 bits per heavy atom. The molecule has 1 fully saturated rings. The number of unbranched alkanes of at least 4 members (excludes halogenated alkanes) is 2. The molecule has 1 aliphatic heterocycles. The van der Waals surface area contributed by atoms with E-state index in [9.17, 15) is 4.79 Å². The van der Waals surface area contributed by atoms with Crippen LogP contribution in [0.2, 0.25) is 0 Å². The molecular formula is C21H32O3. The molecule has 3 atom stereocenters. The highest BCUT2D eigenvalue weighted by molar-refractivity contribution is 5.66. The molecular weight excluding hydrogens is 300 g/mol. The zero-order chi connectivity index (χ0) is 17.6. The van der Waals surface area contributed by atoms with E-state index in [2.05, 4.69) is 32.1 Å². The Bertz CT molecular complexity index is 460. The van der Waals surface area contributed by atoms with E-state index < -0.39 is 5.97 Å². The first kappa shape index (κ1) is 20.4. The average molecular weight is 332 g/mol. The number of ether oxygens (including phenoxy) is 1. The summed E-state index contributed by atoms with van der Waals surface area (Å²) in [5.74, 6) is -0.0861. The van der Waals surface area contributed by atoms with Crippen molar-refractivity contribution < 1.29 is 14.6 Å². The summed E-state index contributed by atoms with van der Waals surface area (Å²) in [6.45, 7) is 4.50. The van der Waals surface area contributed by atoms with E-state index >= 15 is 0 Å². The van der Waals surface area contributed by atoms with Gasteiger partial charge in [0.15, 0.2) is 0 Å². The molecule has 0 amide bonds. The van der Waals surface area contributed by atoms with Gasteiger partial charge in [-0.3, -0.25) is 4.79 Å². The third kappa shape index (κ3) is 11.0. The van der Waals surface area contributed by atoms with Crippen molar-refractivity contribution in [1.82, 2.24) is 0 Å². The van der Waals surface area contributed by atoms with Gasteiger partial charge in [0.25, 0.3) is 0 Å². The summed E-state index contributed by atoms with van der Waals surface area (Å²) in [5.41, 5.74) is 0. The molecule has 0 saturated carbocycles. The topological polar surface area (TPSA) is 49.8 Å². The largest absolute Gasteiger partial charge is 0.481 e. The Kier molecular flexibility index (Phi) is 10.9. The third-order valence-corrected chi connectivity index (χ3v) is 4.06. The van der Waals surface area contributed by atoms with Crippen LogP contribution in [0.4, 0.5) is 0 Å². The number of hydrogen-bond donors (Lipinski definition) is 1. The molecule has 1 heterocycles. The lowest BCUT2D eigenvalue weighted by Crippen LogP contribution is -1.97. The first-order valence-corrected chi connectivity index (χ1v) is 9.19. The van der Waals surface area contributed by atoms with E-state index in [1.807, 2.05) is 30.4 Å². The Morgan fingerprint density at radius 1 is 1.08 bits per heavy atom. The number of allylic oxidation sites excluding steroid dienone is 7. The van der Waals surface area contributed by atoms with Crippen molar-refractivity contribution in [3.63, 3.8) is 0 Å². The molecule has 134 valence electrons. The minimum atomic E-state index is -0.734. The van der Waals surface area contributed by atoms with Gasteiger partial charge in [0.1, 0.15) is 6.10 Å². The molecule has 0 bridgehead atoms. The van der Waals surface area contributed by atoms with E-state index in [1.54, 1.807) is 0 Å². The van der Waals surface area contributed by atoms with Crippen molar-refractivity contribution in [3.8, 4) is 0 Å². The molecule has 0 radical (unpaired) electrons. The molecule has 24 heavy (non-hydrogen) atoms. The number of carboxylic acids is 1. The molecule has 0 unspecified atom stereocenters. The Balaban J connectivity index is 2.07. The Morgan fingerprint density at radius 2 is 1.79 bits per heavy atom. The van der Waals surface area contributed by atoms with Gasteiger partial charge < -0.3 is 9.84 Å². The highest BCUT2D eigenvalue weighted by Crippen LogP contribution is 2.28. The van der Waals surface area contributed by atoms with E-state index in [0.717, 1.165) is 6.42 Å². The van der Waals surface area contributed by atoms with Crippen molar-refractivity contribution in [2.75, 3.05) is 0 Å². The molecule has 0 aromatic carbocycles. The van der Waals surface area contributed by atoms with Gasteiger partial charge in [-0.05, 0) is 25.2 Å². The summed E-state index contributed by atoms with van der Waals surface area (Å²) in [4.78, 5) is 10.4. The minimum absolute atomic E-state index is 0.163. The summed E-state index contributed by atoms with van der Waals surface area (Å²) >= 11 is 0. The van der Waals surface area contributed by atoms with Crippen molar-refractivity contribution in [1.29, 1.82) is 0 Å². The number of carbonyl (C=O) groups is 1. The van der Waals surface area contributed by atoms with Gasteiger partial charge in [0.2, 0.25) is 0 Å². The fraction of sp³-hybridized carbons (Fsp3) is 0.571. The number of rotatable bonds is 13. The maximum Gasteiger partial charge on any atom is 0.303 e. The molecule has 0 aromatic rings. The molecule has 1 N–H and O–H groups in total. The summed E-state index contributed by atoms with van der Waals surface area (Å²) < 4.78 is 5.47. The van der Waals surface area contributed by atoms with E-state index in [0.29, 0.717) is 12.3 Å². The molecule has 1 rings (SSSR count). The van der Waals surface area contributed by atoms with Crippen LogP contribution in [0.3, 0.4) is 0 Å². The van der Waals surface area contributed by atoms with Crippen LogP contribution in [0.1, 0.15) is 58.8 Å². The molecule has 0 aromatic heterocycles. The molecule has 3 nitrogen and oxygen atoms in total. The normalized spacial score (nSPS) is 22.2. The maximum atomic E-state index is 10.4. The second-order valence-corrected chi connectivity index (χ2v) is 6.44. The number of aliphatic carboxylic acids is 1. The predicted molar refractivity (Wildman–Crippen MR) is 100 cm³/mol. The fourth-order valence-corrected chi connectivity index (χ4v) is 2.51. The lowest BCUT2D eigenvalue weighted by atomic mass is 10.0. The van der Waals surface area contributed by atoms with Gasteiger partial charge in [-0.1, -0.05) is 81.7 Å². The quantitative estimate of drug-likeness (QED) is 0.277. The second-order valence-electron chi connectivity index (χ2n) is 6.44. The van der Waals surface area contributed by atoms with Crippen LogP contribution >= 0.6 is 0 Å². The SMILES string of the molecule is CCCCC[C@H](C)C=CC=CC=CC=C[C@H]1O[C@@H]1CCCC(=O)O. The average Bonchev–Trinajstić information content (AvgIpc) is 3.28. The van der Waals surface area contributed by atoms with Crippen molar-refractivity contribution in [2.45, 2.75) is 71.0 Å². The van der Waals surface area contributed by atoms with Crippen molar-refractivity contribution in [2.24, 2.45) is 5.92 Å². The fourth-order valence-electron chi connectivity index (χ4n) is 2.51. The van der Waals surface area contributed by atoms with Gasteiger partial charge in [0.05, 0.1) is 6.10 Å². The summed E-state index contributed by atoms with van der Waals surface area (Å²) in [7, 11) is 0. The Labute approximate surface area is 146 Å². The summed E-state index contributed by atoms with van der Waals surface area (Å²) in [5, 5.41) is 8.58. The first-order chi connectivity index (χ1) is 11.6. The van der Waals surface area contributed by atoms with E-state index in [4.69, 9.17) is 9.84 Å². The van der Waals surface area contributed by atoms with E-state index in [1.165, 1.54) is 25.7 Å². The van der Waals surface area contributed by atoms with Gasteiger partial charge in [-0.25, -0.2) is 0 Å². The van der Waals surface area contributed by atoms with Crippen LogP contribution in [0, 0.1) is 5.92 Å². The minimum Gasteiger partial charge on any atom is -0.481 e. The molecule has 0 aliphatic carbocycles. The first-order valence-electron chi connectivity index (χ1n) is 9.19. The molecule has 0 spiro atoms. The second kappa shape index (κ2) is 12.8. The standard InChI is InChI=1S/C21H32O3/c1-3-4-9-13-18(2)14-10-7-5-6-8-11-15-19-20(24-19)16-12-17-21(22)23/h5-8,10-11,14-15,18-20H,3-4,9,12-13,16-17H2,1-2H3,(H,22,23)/t18-,19+,20+/m0/s1. The zero-order valence-corrected chi connectivity index (χ0v) is 15.1. The lowest BCUT2D eigenvalue weighted by Gasteiger charge is -2.03. The number of epoxide rings is 1. The third-order valence-electron chi connectivity index (χ3n) is 4.06. The highest BCUT2D eigenvalue weighted by atomic mass is 16.6. The molecule has 1 aliphatic rings. The summed E-state index contributed by atoms with van der Waals surface area (Å²) in [6, 6.07) is 0. The van der Waals surface area contributed by atoms with Crippen molar-refractivity contribution in [3.05, 3.63) is 48.6 Å². The van der Waals surface area contributed by atoms with Gasteiger partial charge in [-0.2, -0.15) is 0 Å². The molecule has 1 saturated heterocycles. The van der Waals surface area contributed by atoms with Crippen LogP contribution < -0.4 is 0 Å². The number of carboxylic acid groups (broad SMARTS) is 1. The van der Waals surface area contributed by atoms with Gasteiger partial charge >= 0.3 is 5.97 Å². The van der Waals surface area contributed by atoms with Crippen molar-refractivity contribution >= 4 is 5.97 Å². The maximum absolute atomic E-state index is 10.4. The smallest absolute Gasteiger partial charge is 0.303 e. The highest BCUT2D eigenvalue weighted by Gasteiger charge is 2.35. The van der Waals surface area contributed by atoms with Crippen LogP contribution in [0.15, 0.2) is 48.6 Å². The van der Waals surface area contributed by atoms with E-state index in [-0.39, 0.29) is 18.6 Å². The van der Waals surface area contributed by atoms with Gasteiger partial charge in [-0.15, -0.1) is 0 Å². The Hall–Kier alpha value is -1.61. The van der Waals surface area contributed by atoms with Crippen LogP contribution in [0.25, 0.3) is 0 Å². The molecule has 3 heteroatoms. The number of hydrogen-bond acceptors (Lipinski definition) is 2. The van der Waals surface area contributed by atoms with Crippen LogP contribution in [-0.2, 0) is 9.53 Å². The van der Waals surface area contributed by atoms with Crippen LogP contribution in [-0.4, -0.2) is 23.3 Å².